The van der Waals surface area contributed by atoms with Gasteiger partial charge in [-0.2, -0.15) is 0 Å². The van der Waals surface area contributed by atoms with Gasteiger partial charge in [-0.15, -0.1) is 0 Å². The van der Waals surface area contributed by atoms with E-state index < -0.39 is 18.1 Å². The van der Waals surface area contributed by atoms with Crippen LogP contribution >= 0.6 is 0 Å². The van der Waals surface area contributed by atoms with Gasteiger partial charge < -0.3 is 23.8 Å². The number of allylic oxidation sites excluding steroid dienone is 10. The molecule has 0 amide bonds. The number of esters is 2. The van der Waals surface area contributed by atoms with Crippen LogP contribution in [0.4, 0.5) is 0 Å². The van der Waals surface area contributed by atoms with Crippen LogP contribution in [0.1, 0.15) is 226 Å². The quantitative estimate of drug-likeness (QED) is 0.0281. The van der Waals surface area contributed by atoms with Gasteiger partial charge in [-0.3, -0.25) is 9.59 Å². The van der Waals surface area contributed by atoms with Gasteiger partial charge in [0.2, 0.25) is 0 Å². The Morgan fingerprint density at radius 1 is 0.469 bits per heavy atom. The third-order valence-corrected chi connectivity index (χ3v) is 11.8. The first-order valence-corrected chi connectivity index (χ1v) is 26.4. The van der Waals surface area contributed by atoms with E-state index in [9.17, 15) is 19.5 Å². The summed E-state index contributed by atoms with van der Waals surface area (Å²) in [5.74, 6) is -1.49. The highest BCUT2D eigenvalue weighted by Crippen LogP contribution is 2.17. The van der Waals surface area contributed by atoms with E-state index in [1.807, 2.05) is 57.6 Å². The van der Waals surface area contributed by atoms with Crippen LogP contribution in [-0.4, -0.2) is 80.6 Å². The molecular formula is C56H100NO7+. The molecule has 0 rings (SSSR count). The predicted octanol–water partition coefficient (Wildman–Crippen LogP) is 15.3. The van der Waals surface area contributed by atoms with Gasteiger partial charge in [-0.05, 0) is 32.1 Å². The second kappa shape index (κ2) is 46.6. The zero-order chi connectivity index (χ0) is 47.0. The van der Waals surface area contributed by atoms with Gasteiger partial charge in [-0.1, -0.05) is 235 Å². The van der Waals surface area contributed by atoms with Crippen molar-refractivity contribution in [2.75, 3.05) is 41.0 Å². The number of hydrogen-bond acceptors (Lipinski definition) is 6. The molecule has 0 saturated carbocycles. The topological polar surface area (TPSA) is 99.1 Å². The van der Waals surface area contributed by atoms with Gasteiger partial charge >= 0.3 is 17.9 Å². The Bertz CT molecular complexity index is 1230. The largest absolute Gasteiger partial charge is 0.477 e. The summed E-state index contributed by atoms with van der Waals surface area (Å²) in [6, 6.07) is -0.621. The van der Waals surface area contributed by atoms with Gasteiger partial charge in [0.1, 0.15) is 6.61 Å². The van der Waals surface area contributed by atoms with Gasteiger partial charge in [0.25, 0.3) is 0 Å². The third kappa shape index (κ3) is 44.2. The maximum atomic E-state index is 12.8. The van der Waals surface area contributed by atoms with Crippen LogP contribution in [-0.2, 0) is 28.6 Å². The Hall–Kier alpha value is -2.97. The zero-order valence-corrected chi connectivity index (χ0v) is 42.2. The minimum absolute atomic E-state index is 0.0527. The molecule has 2 unspecified atom stereocenters. The second-order valence-corrected chi connectivity index (χ2v) is 18.9. The fourth-order valence-electron chi connectivity index (χ4n) is 7.71. The van der Waals surface area contributed by atoms with Crippen molar-refractivity contribution in [1.82, 2.24) is 0 Å². The highest BCUT2D eigenvalue weighted by Gasteiger charge is 2.31. The Morgan fingerprint density at radius 2 is 0.859 bits per heavy atom. The summed E-state index contributed by atoms with van der Waals surface area (Å²) in [6.07, 6.45) is 58.4. The number of carboxylic acids is 1. The first-order valence-electron chi connectivity index (χ1n) is 26.4. The molecule has 0 bridgehead atoms. The number of nitrogens with zero attached hydrogens (tertiary/aromatic N) is 1. The molecule has 0 spiro atoms. The minimum Gasteiger partial charge on any atom is -0.477 e. The second-order valence-electron chi connectivity index (χ2n) is 18.9. The fourth-order valence-corrected chi connectivity index (χ4v) is 7.71. The molecule has 8 nitrogen and oxygen atoms in total. The molecule has 0 aromatic carbocycles. The summed E-state index contributed by atoms with van der Waals surface area (Å²) >= 11 is 0. The molecule has 0 aromatic heterocycles. The lowest BCUT2D eigenvalue weighted by Gasteiger charge is -2.31. The standard InChI is InChI=1S/C56H99NO7/c1-6-8-10-12-14-16-18-20-22-24-26-27-28-29-31-33-35-37-39-41-43-45-47-55(59)64-52(50-62-49-48-53(56(60)61)57(3,4)5)51-63-54(58)46-44-42-40-38-36-34-32-30-25-23-21-19-17-15-13-11-9-7-2/h11,13,15,17,19,21,23,25,30,32,52-53H,6-10,12,14,16,18,20,22,24,26-29,31,33-51H2,1-5H3/p+1/b13-11+,17-15+,21-19+,25-23+,32-30+. The minimum atomic E-state index is -0.878. The van der Waals surface area contributed by atoms with Gasteiger partial charge in [0.05, 0.1) is 34.4 Å². The normalized spacial score (nSPS) is 13.3. The number of aliphatic carboxylic acids is 1. The van der Waals surface area contributed by atoms with Crippen LogP contribution in [0.5, 0.6) is 0 Å². The Morgan fingerprint density at radius 3 is 1.28 bits per heavy atom. The summed E-state index contributed by atoms with van der Waals surface area (Å²) in [5.41, 5.74) is 0. The summed E-state index contributed by atoms with van der Waals surface area (Å²) < 4.78 is 17.3. The van der Waals surface area contributed by atoms with E-state index in [4.69, 9.17) is 14.2 Å². The van der Waals surface area contributed by atoms with Crippen LogP contribution in [0.3, 0.4) is 0 Å². The molecule has 8 heteroatoms. The van der Waals surface area contributed by atoms with Crippen LogP contribution in [0.2, 0.25) is 0 Å². The summed E-state index contributed by atoms with van der Waals surface area (Å²) in [6.45, 7) is 4.65. The third-order valence-electron chi connectivity index (χ3n) is 11.8. The molecule has 0 aliphatic carbocycles. The zero-order valence-electron chi connectivity index (χ0n) is 42.2. The van der Waals surface area contributed by atoms with Gasteiger partial charge in [0.15, 0.2) is 12.1 Å². The smallest absolute Gasteiger partial charge is 0.362 e. The average molecular weight is 899 g/mol. The number of carboxylic acid groups (broad SMARTS) is 1. The average Bonchev–Trinajstić information content (AvgIpc) is 3.26. The van der Waals surface area contributed by atoms with E-state index in [1.54, 1.807) is 0 Å². The molecule has 0 heterocycles. The molecule has 0 fully saturated rings. The number of rotatable bonds is 47. The number of hydrogen-bond donors (Lipinski definition) is 1. The lowest BCUT2D eigenvalue weighted by atomic mass is 10.0. The molecule has 64 heavy (non-hydrogen) atoms. The number of carbonyl (C=O) groups excluding carboxylic acids is 2. The van der Waals surface area contributed by atoms with E-state index in [-0.39, 0.29) is 36.2 Å². The monoisotopic (exact) mass is 899 g/mol. The Kier molecular flexibility index (Phi) is 44.4. The molecule has 370 valence electrons. The fraction of sp³-hybridized carbons (Fsp3) is 0.768. The molecule has 0 aliphatic heterocycles. The summed E-state index contributed by atoms with van der Waals surface area (Å²) in [4.78, 5) is 37.2. The summed E-state index contributed by atoms with van der Waals surface area (Å²) in [7, 11) is 5.53. The maximum Gasteiger partial charge on any atom is 0.362 e. The molecule has 0 aromatic rings. The molecule has 0 saturated heterocycles. The van der Waals surface area contributed by atoms with Gasteiger partial charge in [0, 0.05) is 19.3 Å². The van der Waals surface area contributed by atoms with Crippen molar-refractivity contribution in [3.63, 3.8) is 0 Å². The molecule has 1 N–H and O–H groups in total. The van der Waals surface area contributed by atoms with E-state index in [2.05, 4.69) is 38.2 Å². The number of unbranched alkanes of at least 4 members (excludes halogenated alkanes) is 27. The lowest BCUT2D eigenvalue weighted by molar-refractivity contribution is -0.887. The SMILES string of the molecule is CCC/C=C/C=C/C=C/C=C/C=C/CCCCCCCC(=O)OCC(COCCC(C(=O)O)[N+](C)(C)C)OC(=O)CCCCCCCCCCCCCCCCCCCCCCCC. The Balaban J connectivity index is 4.25. The van der Waals surface area contributed by atoms with Crippen molar-refractivity contribution in [3.05, 3.63) is 60.8 Å². The van der Waals surface area contributed by atoms with Gasteiger partial charge in [-0.25, -0.2) is 4.79 Å². The predicted molar refractivity (Wildman–Crippen MR) is 271 cm³/mol. The van der Waals surface area contributed by atoms with E-state index in [1.165, 1.54) is 128 Å². The lowest BCUT2D eigenvalue weighted by Crippen LogP contribution is -2.50. The molecule has 2 atom stereocenters. The first-order chi connectivity index (χ1) is 31.1. The maximum absolute atomic E-state index is 12.8. The van der Waals surface area contributed by atoms with Crippen molar-refractivity contribution in [2.24, 2.45) is 0 Å². The molecular weight excluding hydrogens is 799 g/mol. The highest BCUT2D eigenvalue weighted by molar-refractivity contribution is 5.72. The number of likely N-dealkylation sites (N-methyl/N-ethyl adjacent to an activating group) is 1. The number of carbonyl (C=O) groups is 3. The number of ether oxygens (including phenoxy) is 3. The van der Waals surface area contributed by atoms with Crippen molar-refractivity contribution < 1.29 is 38.2 Å². The van der Waals surface area contributed by atoms with Crippen molar-refractivity contribution in [3.8, 4) is 0 Å². The first kappa shape index (κ1) is 61.0. The van der Waals surface area contributed by atoms with E-state index >= 15 is 0 Å². The Labute approximate surface area is 394 Å². The van der Waals surface area contributed by atoms with Crippen LogP contribution in [0, 0.1) is 0 Å². The van der Waals surface area contributed by atoms with Crippen molar-refractivity contribution in [2.45, 2.75) is 238 Å². The van der Waals surface area contributed by atoms with Crippen LogP contribution in [0.15, 0.2) is 60.8 Å². The van der Waals surface area contributed by atoms with Crippen LogP contribution in [0.25, 0.3) is 0 Å². The highest BCUT2D eigenvalue weighted by atomic mass is 16.6. The van der Waals surface area contributed by atoms with E-state index in [0.29, 0.717) is 19.3 Å². The molecule has 0 aliphatic rings. The van der Waals surface area contributed by atoms with Crippen molar-refractivity contribution >= 4 is 17.9 Å². The summed E-state index contributed by atoms with van der Waals surface area (Å²) in [5, 5.41) is 9.66. The van der Waals surface area contributed by atoms with Crippen molar-refractivity contribution in [1.29, 1.82) is 0 Å². The molecule has 0 radical (unpaired) electrons. The number of quaternary nitrogens is 1. The van der Waals surface area contributed by atoms with Crippen LogP contribution < -0.4 is 0 Å². The van der Waals surface area contributed by atoms with E-state index in [0.717, 1.165) is 64.2 Å².